The lowest BCUT2D eigenvalue weighted by molar-refractivity contribution is -0.0511. The second-order valence-electron chi connectivity index (χ2n) is 4.28. The molecular weight excluding hydrogens is 272 g/mol. The Labute approximate surface area is 112 Å². The summed E-state index contributed by atoms with van der Waals surface area (Å²) in [6.07, 6.45) is -1.18. The first-order valence-corrected chi connectivity index (χ1v) is 6.07. The van der Waals surface area contributed by atoms with Gasteiger partial charge in [0.2, 0.25) is 0 Å². The molecule has 0 saturated carbocycles. The number of nitrogens with one attached hydrogen (secondary N) is 1. The van der Waals surface area contributed by atoms with Gasteiger partial charge in [-0.2, -0.15) is 0 Å². The zero-order valence-corrected chi connectivity index (χ0v) is 10.5. The third kappa shape index (κ3) is 1.86. The molecule has 0 radical (unpaired) electrons. The van der Waals surface area contributed by atoms with Crippen LogP contribution in [0.2, 0.25) is 0 Å². The zero-order chi connectivity index (χ0) is 13.6. The van der Waals surface area contributed by atoms with E-state index in [-0.39, 0.29) is 6.61 Å². The van der Waals surface area contributed by atoms with E-state index in [2.05, 4.69) is 15.0 Å². The highest BCUT2D eigenvalue weighted by Gasteiger charge is 2.43. The Morgan fingerprint density at radius 1 is 1.37 bits per heavy atom. The molecule has 1 aliphatic rings. The van der Waals surface area contributed by atoms with Gasteiger partial charge in [0.1, 0.15) is 28.5 Å². The normalized spacial score (nSPS) is 31.1. The second kappa shape index (κ2) is 4.62. The van der Waals surface area contributed by atoms with Crippen molar-refractivity contribution in [3.05, 3.63) is 17.3 Å². The number of ether oxygens (including phenoxy) is 1. The minimum absolute atomic E-state index is 0.380. The molecule has 4 atom stereocenters. The molecular formula is C10H12N4O4S. The maximum atomic E-state index is 9.96. The Balaban J connectivity index is 2.06. The number of aromatic nitrogens is 4. The molecule has 4 N–H and O–H groups in total. The van der Waals surface area contributed by atoms with Crippen molar-refractivity contribution in [2.24, 2.45) is 0 Å². The van der Waals surface area contributed by atoms with E-state index >= 15 is 0 Å². The van der Waals surface area contributed by atoms with Gasteiger partial charge in [-0.1, -0.05) is 12.2 Å². The Bertz CT molecular complexity index is 656. The summed E-state index contributed by atoms with van der Waals surface area (Å²) in [5, 5.41) is 28.8. The fourth-order valence-corrected chi connectivity index (χ4v) is 2.36. The summed E-state index contributed by atoms with van der Waals surface area (Å²) in [6, 6.07) is 0. The van der Waals surface area contributed by atoms with Crippen LogP contribution in [0.15, 0.2) is 12.7 Å². The van der Waals surface area contributed by atoms with Gasteiger partial charge in [-0.15, -0.1) is 0 Å². The van der Waals surface area contributed by atoms with E-state index in [0.717, 1.165) is 0 Å². The minimum atomic E-state index is -1.17. The van der Waals surface area contributed by atoms with Crippen molar-refractivity contribution in [3.8, 4) is 0 Å². The van der Waals surface area contributed by atoms with Crippen LogP contribution in [0.3, 0.4) is 0 Å². The third-order valence-corrected chi connectivity index (χ3v) is 3.47. The molecule has 1 fully saturated rings. The highest BCUT2D eigenvalue weighted by atomic mass is 32.1. The topological polar surface area (TPSA) is 116 Å². The molecule has 3 heterocycles. The smallest absolute Gasteiger partial charge is 0.166 e. The molecule has 0 amide bonds. The SMILES string of the molecule is OC[C@H]1O[C@@H](n2cnc3c(=S)[nH]cnc32)C(O)C1O. The largest absolute Gasteiger partial charge is 0.394 e. The number of aromatic amines is 1. The van der Waals surface area contributed by atoms with Crippen LogP contribution in [0.5, 0.6) is 0 Å². The van der Waals surface area contributed by atoms with Crippen molar-refractivity contribution in [2.45, 2.75) is 24.5 Å². The Morgan fingerprint density at radius 3 is 2.84 bits per heavy atom. The summed E-state index contributed by atoms with van der Waals surface area (Å²) in [6.45, 7) is -0.380. The molecule has 2 aromatic heterocycles. The molecule has 1 saturated heterocycles. The van der Waals surface area contributed by atoms with Crippen molar-refractivity contribution in [3.63, 3.8) is 0 Å². The Kier molecular flexibility index (Phi) is 3.07. The van der Waals surface area contributed by atoms with Crippen molar-refractivity contribution < 1.29 is 20.1 Å². The van der Waals surface area contributed by atoms with Crippen molar-refractivity contribution >= 4 is 23.4 Å². The highest BCUT2D eigenvalue weighted by Crippen LogP contribution is 2.30. The molecule has 8 nitrogen and oxygen atoms in total. The summed E-state index contributed by atoms with van der Waals surface area (Å²) in [5.74, 6) is 0. The number of hydrogen-bond donors (Lipinski definition) is 4. The number of H-pyrrole nitrogens is 1. The number of aliphatic hydroxyl groups is 3. The van der Waals surface area contributed by atoms with Gasteiger partial charge < -0.3 is 25.0 Å². The van der Waals surface area contributed by atoms with Gasteiger partial charge in [0.05, 0.1) is 19.3 Å². The maximum Gasteiger partial charge on any atom is 0.166 e. The van der Waals surface area contributed by atoms with Crippen LogP contribution in [-0.4, -0.2) is 59.8 Å². The van der Waals surface area contributed by atoms with Gasteiger partial charge in [-0.25, -0.2) is 9.97 Å². The van der Waals surface area contributed by atoms with E-state index in [4.69, 9.17) is 22.1 Å². The molecule has 0 aliphatic carbocycles. The number of rotatable bonds is 2. The Hall–Kier alpha value is -1.39. The lowest BCUT2D eigenvalue weighted by Crippen LogP contribution is -2.33. The lowest BCUT2D eigenvalue weighted by Gasteiger charge is -2.16. The fourth-order valence-electron chi connectivity index (χ4n) is 2.16. The van der Waals surface area contributed by atoms with E-state index in [0.29, 0.717) is 15.8 Å². The molecule has 2 aromatic rings. The van der Waals surface area contributed by atoms with Crippen molar-refractivity contribution in [1.29, 1.82) is 0 Å². The second-order valence-corrected chi connectivity index (χ2v) is 4.69. The van der Waals surface area contributed by atoms with Crippen LogP contribution in [0.4, 0.5) is 0 Å². The van der Waals surface area contributed by atoms with E-state index in [1.165, 1.54) is 17.2 Å². The molecule has 0 aromatic carbocycles. The molecule has 19 heavy (non-hydrogen) atoms. The minimum Gasteiger partial charge on any atom is -0.394 e. The number of nitrogens with zero attached hydrogens (tertiary/aromatic N) is 3. The molecule has 1 aliphatic heterocycles. The quantitative estimate of drug-likeness (QED) is 0.528. The van der Waals surface area contributed by atoms with Gasteiger partial charge >= 0.3 is 0 Å². The summed E-state index contributed by atoms with van der Waals surface area (Å²) in [4.78, 5) is 11.0. The molecule has 2 unspecified atom stereocenters. The number of imidazole rings is 1. The highest BCUT2D eigenvalue weighted by molar-refractivity contribution is 7.71. The monoisotopic (exact) mass is 284 g/mol. The predicted octanol–water partition coefficient (Wildman–Crippen LogP) is -0.900. The summed E-state index contributed by atoms with van der Waals surface area (Å²) in [7, 11) is 0. The summed E-state index contributed by atoms with van der Waals surface area (Å²) in [5.41, 5.74) is 0.925. The van der Waals surface area contributed by atoms with Crippen LogP contribution < -0.4 is 0 Å². The first-order valence-electron chi connectivity index (χ1n) is 5.66. The van der Waals surface area contributed by atoms with Gasteiger partial charge in [-0.05, 0) is 0 Å². The van der Waals surface area contributed by atoms with Crippen LogP contribution >= 0.6 is 12.2 Å². The average molecular weight is 284 g/mol. The zero-order valence-electron chi connectivity index (χ0n) is 9.67. The van der Waals surface area contributed by atoms with Crippen LogP contribution in [0.25, 0.3) is 11.2 Å². The van der Waals surface area contributed by atoms with Crippen LogP contribution in [0.1, 0.15) is 6.23 Å². The molecule has 0 bridgehead atoms. The predicted molar refractivity (Wildman–Crippen MR) is 65.7 cm³/mol. The number of fused-ring (bicyclic) bond motifs is 1. The third-order valence-electron chi connectivity index (χ3n) is 3.16. The standard InChI is InChI=1S/C10H12N4O4S/c15-1-4-6(16)7(17)10(18-4)14-3-13-5-8(14)11-2-12-9(5)19/h2-4,6-7,10,15-17H,1H2,(H,11,12,19)/t4-,6?,7?,10-/m1/s1. The number of aliphatic hydroxyl groups excluding tert-OH is 3. The summed E-state index contributed by atoms with van der Waals surface area (Å²) >= 11 is 5.08. The maximum absolute atomic E-state index is 9.96. The van der Waals surface area contributed by atoms with E-state index in [1.807, 2.05) is 0 Å². The molecule has 9 heteroatoms. The van der Waals surface area contributed by atoms with Crippen LogP contribution in [0, 0.1) is 4.64 Å². The van der Waals surface area contributed by atoms with Gasteiger partial charge in [0.15, 0.2) is 11.9 Å². The average Bonchev–Trinajstić information content (AvgIpc) is 2.94. The molecule has 102 valence electrons. The fraction of sp³-hybridized carbons (Fsp3) is 0.500. The Morgan fingerprint density at radius 2 is 2.16 bits per heavy atom. The van der Waals surface area contributed by atoms with E-state index < -0.39 is 24.5 Å². The van der Waals surface area contributed by atoms with Crippen molar-refractivity contribution in [2.75, 3.05) is 6.61 Å². The van der Waals surface area contributed by atoms with E-state index in [9.17, 15) is 10.2 Å². The lowest BCUT2D eigenvalue weighted by atomic mass is 10.1. The van der Waals surface area contributed by atoms with Crippen molar-refractivity contribution in [1.82, 2.24) is 19.5 Å². The van der Waals surface area contributed by atoms with Gasteiger partial charge in [0.25, 0.3) is 0 Å². The van der Waals surface area contributed by atoms with Crippen LogP contribution in [-0.2, 0) is 4.74 Å². The van der Waals surface area contributed by atoms with Gasteiger partial charge in [-0.3, -0.25) is 4.57 Å². The summed E-state index contributed by atoms with van der Waals surface area (Å²) < 4.78 is 7.33. The van der Waals surface area contributed by atoms with Gasteiger partial charge in [0, 0.05) is 0 Å². The number of hydrogen-bond acceptors (Lipinski definition) is 7. The molecule has 3 rings (SSSR count). The molecule has 0 spiro atoms. The van der Waals surface area contributed by atoms with E-state index in [1.54, 1.807) is 0 Å². The first kappa shape index (κ1) is 12.6. The first-order chi connectivity index (χ1) is 9.13.